The Morgan fingerprint density at radius 1 is 1.23 bits per heavy atom. The number of rotatable bonds is 4. The van der Waals surface area contributed by atoms with E-state index in [1.54, 1.807) is 6.07 Å². The van der Waals surface area contributed by atoms with Gasteiger partial charge in [0.15, 0.2) is 5.69 Å². The topological polar surface area (TPSA) is 114 Å². The van der Waals surface area contributed by atoms with Crippen molar-refractivity contribution in [3.8, 4) is 17.6 Å². The van der Waals surface area contributed by atoms with Gasteiger partial charge < -0.3 is 9.72 Å². The van der Waals surface area contributed by atoms with Crippen LogP contribution in [0.3, 0.4) is 0 Å². The van der Waals surface area contributed by atoms with E-state index in [1.165, 1.54) is 12.3 Å². The molecule has 0 saturated carbocycles. The Morgan fingerprint density at radius 3 is 2.52 bits per heavy atom. The highest BCUT2D eigenvalue weighted by Gasteiger charge is 2.38. The maximum atomic E-state index is 13.3. The lowest BCUT2D eigenvalue weighted by Gasteiger charge is -2.14. The first-order valence-corrected chi connectivity index (χ1v) is 9.14. The van der Waals surface area contributed by atoms with E-state index in [1.807, 2.05) is 13.8 Å². The zero-order valence-corrected chi connectivity index (χ0v) is 17.0. The van der Waals surface area contributed by atoms with E-state index in [-0.39, 0.29) is 28.6 Å². The van der Waals surface area contributed by atoms with Gasteiger partial charge in [-0.15, -0.1) is 0 Å². The molecular weight excluding hydrogens is 439 g/mol. The summed E-state index contributed by atoms with van der Waals surface area (Å²) in [5, 5.41) is 9.00. The molecule has 162 valence electrons. The standard InChI is InChI=1S/C17H9ClF3N5O3.C2H6/c18-10-1-9(4-22)2-12(3-10)29-14-15(17(19,20)21)25-8-26(16(14)28)7-11-5-24-13(27)6-23-11;1-2/h1-3,5-6,8H,7H2,(H,24,27);1-2H3. The lowest BCUT2D eigenvalue weighted by molar-refractivity contribution is -0.142. The van der Waals surface area contributed by atoms with Gasteiger partial charge in [-0.2, -0.15) is 18.4 Å². The number of ether oxygens (including phenoxy) is 1. The summed E-state index contributed by atoms with van der Waals surface area (Å²) < 4.78 is 46.0. The van der Waals surface area contributed by atoms with Gasteiger partial charge >= 0.3 is 6.18 Å². The number of nitriles is 1. The van der Waals surface area contributed by atoms with Gasteiger partial charge in [-0.25, -0.2) is 4.98 Å². The Labute approximate surface area is 178 Å². The van der Waals surface area contributed by atoms with E-state index < -0.39 is 28.7 Å². The average molecular weight is 454 g/mol. The van der Waals surface area contributed by atoms with Crippen molar-refractivity contribution in [2.24, 2.45) is 0 Å². The van der Waals surface area contributed by atoms with Gasteiger partial charge in [0.05, 0.1) is 36.4 Å². The molecule has 0 amide bonds. The summed E-state index contributed by atoms with van der Waals surface area (Å²) in [5.74, 6) is -1.33. The third kappa shape index (κ3) is 5.93. The monoisotopic (exact) mass is 453 g/mol. The summed E-state index contributed by atoms with van der Waals surface area (Å²) in [5.41, 5.74) is -2.92. The van der Waals surface area contributed by atoms with Crippen LogP contribution in [0.4, 0.5) is 13.2 Å². The third-order valence-electron chi connectivity index (χ3n) is 3.55. The largest absolute Gasteiger partial charge is 0.449 e. The minimum absolute atomic E-state index is 0.0303. The van der Waals surface area contributed by atoms with Gasteiger partial charge in [-0.3, -0.25) is 19.1 Å². The van der Waals surface area contributed by atoms with Crippen molar-refractivity contribution in [3.63, 3.8) is 0 Å². The Morgan fingerprint density at radius 2 is 1.94 bits per heavy atom. The Balaban J connectivity index is 0.00000166. The molecule has 0 radical (unpaired) electrons. The van der Waals surface area contributed by atoms with Crippen LogP contribution in [-0.2, 0) is 12.7 Å². The Kier molecular flexibility index (Phi) is 7.55. The van der Waals surface area contributed by atoms with Gasteiger partial charge in [-0.05, 0) is 18.2 Å². The number of H-pyrrole nitrogens is 1. The third-order valence-corrected chi connectivity index (χ3v) is 3.76. The number of halogens is 4. The van der Waals surface area contributed by atoms with Crippen LogP contribution in [0.2, 0.25) is 5.02 Å². The molecule has 0 atom stereocenters. The van der Waals surface area contributed by atoms with Crippen LogP contribution >= 0.6 is 11.6 Å². The fraction of sp³-hybridized carbons (Fsp3) is 0.211. The van der Waals surface area contributed by atoms with Gasteiger partial charge in [0, 0.05) is 11.2 Å². The minimum Gasteiger partial charge on any atom is -0.449 e. The molecule has 0 unspecified atom stereocenters. The summed E-state index contributed by atoms with van der Waals surface area (Å²) >= 11 is 5.83. The Hall–Kier alpha value is -3.65. The highest BCUT2D eigenvalue weighted by atomic mass is 35.5. The molecule has 0 aliphatic rings. The fourth-order valence-electron chi connectivity index (χ4n) is 2.31. The molecule has 0 fully saturated rings. The molecule has 3 aromatic rings. The van der Waals surface area contributed by atoms with Crippen LogP contribution < -0.4 is 15.9 Å². The number of aromatic amines is 1. The number of aromatic nitrogens is 4. The molecule has 2 aromatic heterocycles. The number of hydrogen-bond donors (Lipinski definition) is 1. The molecule has 0 aliphatic carbocycles. The van der Waals surface area contributed by atoms with E-state index in [4.69, 9.17) is 21.6 Å². The molecule has 1 aromatic carbocycles. The molecule has 2 heterocycles. The average Bonchev–Trinajstić information content (AvgIpc) is 2.72. The smallest absolute Gasteiger partial charge is 0.437 e. The number of nitrogens with one attached hydrogen (secondary N) is 1. The lowest BCUT2D eigenvalue weighted by atomic mass is 10.2. The molecule has 8 nitrogen and oxygen atoms in total. The molecular formula is C19H15ClF3N5O3. The summed E-state index contributed by atoms with van der Waals surface area (Å²) in [6.07, 6.45) is -2.10. The van der Waals surface area contributed by atoms with Gasteiger partial charge in [-0.1, -0.05) is 25.4 Å². The summed E-state index contributed by atoms with van der Waals surface area (Å²) in [6, 6.07) is 5.35. The lowest BCUT2D eigenvalue weighted by Crippen LogP contribution is -2.27. The van der Waals surface area contributed by atoms with Crippen molar-refractivity contribution < 1.29 is 17.9 Å². The van der Waals surface area contributed by atoms with Crippen molar-refractivity contribution in [1.82, 2.24) is 19.5 Å². The molecule has 12 heteroatoms. The molecule has 0 bridgehead atoms. The van der Waals surface area contributed by atoms with Crippen LogP contribution in [0.1, 0.15) is 30.8 Å². The molecule has 0 saturated heterocycles. The van der Waals surface area contributed by atoms with E-state index >= 15 is 0 Å². The summed E-state index contributed by atoms with van der Waals surface area (Å²) in [6.45, 7) is 3.73. The van der Waals surface area contributed by atoms with Gasteiger partial charge in [0.1, 0.15) is 5.75 Å². The first-order valence-electron chi connectivity index (χ1n) is 8.76. The summed E-state index contributed by atoms with van der Waals surface area (Å²) in [7, 11) is 0. The normalized spacial score (nSPS) is 10.6. The maximum Gasteiger partial charge on any atom is 0.437 e. The summed E-state index contributed by atoms with van der Waals surface area (Å²) in [4.78, 5) is 33.1. The highest BCUT2D eigenvalue weighted by Crippen LogP contribution is 2.35. The van der Waals surface area contributed by atoms with Crippen molar-refractivity contribution >= 4 is 11.6 Å². The maximum absolute atomic E-state index is 13.3. The van der Waals surface area contributed by atoms with Crippen molar-refractivity contribution in [2.45, 2.75) is 26.6 Å². The van der Waals surface area contributed by atoms with Crippen molar-refractivity contribution in [2.75, 3.05) is 0 Å². The second-order valence-electron chi connectivity index (χ2n) is 5.65. The Bertz CT molecular complexity index is 1210. The van der Waals surface area contributed by atoms with E-state index in [9.17, 15) is 22.8 Å². The van der Waals surface area contributed by atoms with Gasteiger partial charge in [0.25, 0.3) is 11.1 Å². The predicted molar refractivity (Wildman–Crippen MR) is 105 cm³/mol. The molecule has 3 rings (SSSR count). The molecule has 31 heavy (non-hydrogen) atoms. The SMILES string of the molecule is CC.N#Cc1cc(Cl)cc(Oc2c(C(F)(F)F)ncn(Cc3c[nH]c(=O)cn3)c2=O)c1. The van der Waals surface area contributed by atoms with Crippen molar-refractivity contribution in [3.05, 3.63) is 79.6 Å². The minimum atomic E-state index is -4.97. The quantitative estimate of drug-likeness (QED) is 0.643. The van der Waals surface area contributed by atoms with Gasteiger partial charge in [0.2, 0.25) is 5.75 Å². The number of hydrogen-bond acceptors (Lipinski definition) is 6. The first kappa shape index (κ1) is 23.6. The van der Waals surface area contributed by atoms with Crippen LogP contribution in [0.25, 0.3) is 0 Å². The fourth-order valence-corrected chi connectivity index (χ4v) is 2.54. The number of alkyl halides is 3. The van der Waals surface area contributed by atoms with E-state index in [2.05, 4.69) is 15.0 Å². The predicted octanol–water partition coefficient (Wildman–Crippen LogP) is 3.74. The van der Waals surface area contributed by atoms with E-state index in [0.717, 1.165) is 22.9 Å². The number of nitrogens with zero attached hydrogens (tertiary/aromatic N) is 4. The van der Waals surface area contributed by atoms with Crippen LogP contribution in [0.5, 0.6) is 11.5 Å². The molecule has 0 aliphatic heterocycles. The zero-order chi connectivity index (χ0) is 23.2. The molecule has 0 spiro atoms. The van der Waals surface area contributed by atoms with E-state index in [0.29, 0.717) is 6.33 Å². The van der Waals surface area contributed by atoms with Crippen molar-refractivity contribution in [1.29, 1.82) is 5.26 Å². The first-order chi connectivity index (χ1) is 14.7. The highest BCUT2D eigenvalue weighted by molar-refractivity contribution is 6.30. The number of benzene rings is 1. The van der Waals surface area contributed by atoms with Crippen LogP contribution in [0.15, 0.2) is 46.5 Å². The second kappa shape index (κ2) is 9.90. The zero-order valence-electron chi connectivity index (χ0n) is 16.2. The second-order valence-corrected chi connectivity index (χ2v) is 6.08. The molecule has 1 N–H and O–H groups in total. The van der Waals surface area contributed by atoms with Crippen LogP contribution in [0, 0.1) is 11.3 Å². The van der Waals surface area contributed by atoms with Crippen LogP contribution in [-0.4, -0.2) is 19.5 Å².